The van der Waals surface area contributed by atoms with Crippen LogP contribution in [0, 0.1) is 0 Å². The molecule has 0 atom stereocenters. The SMILES string of the molecule is CC1(C)c2ccccc2-c2ccc3c4cc(-c5ccccc5)ccc4n(-c4nc(-c5ccccc5)nc(-c5ccccc5)n4)c3c21.CC1(C)c2ccccc2-c2ccc3c4ccccc4n(-c4cccc(-c5nc(-c6ccccc6)nc(-c6ccc(-c7ccccc7)cc6)n5)c4)c3c21.CC1(C)c2ccccc2-c2ccc3c4ccccc4n(-c4nc(-c5ccccc5)cc(-c5cccc(-c6ccccc6)c5)n4)c3c21. The highest BCUT2D eigenvalue weighted by Crippen LogP contribution is 2.57. The smallest absolute Gasteiger partial charge is 0.238 e. The van der Waals surface area contributed by atoms with E-state index in [2.05, 4.69) is 456 Å². The van der Waals surface area contributed by atoms with Crippen LogP contribution < -0.4 is 0 Å². The Balaban J connectivity index is 0.000000110. The van der Waals surface area contributed by atoms with Crippen molar-refractivity contribution in [3.05, 3.63) is 500 Å². The van der Waals surface area contributed by atoms with Gasteiger partial charge >= 0.3 is 0 Å². The first-order chi connectivity index (χ1) is 70.7. The third-order valence-electron chi connectivity index (χ3n) is 29.7. The van der Waals surface area contributed by atoms with Gasteiger partial charge in [0, 0.05) is 93.2 Å². The fourth-order valence-electron chi connectivity index (χ4n) is 22.9. The van der Waals surface area contributed by atoms with Crippen LogP contribution in [0.3, 0.4) is 0 Å². The quantitative estimate of drug-likeness (QED) is 0.112. The molecule has 19 aromatic carbocycles. The molecule has 11 heteroatoms. The summed E-state index contributed by atoms with van der Waals surface area (Å²) in [5.41, 5.74) is 38.9. The monoisotopic (exact) mass is 1850 g/mol. The second-order valence-corrected chi connectivity index (χ2v) is 39.2. The van der Waals surface area contributed by atoms with E-state index in [1.807, 2.05) is 66.7 Å². The van der Waals surface area contributed by atoms with E-state index in [0.29, 0.717) is 41.0 Å². The van der Waals surface area contributed by atoms with Gasteiger partial charge in [0.2, 0.25) is 11.9 Å². The lowest BCUT2D eigenvalue weighted by atomic mass is 9.81. The first-order valence-corrected chi connectivity index (χ1v) is 49.4. The van der Waals surface area contributed by atoms with Crippen molar-refractivity contribution in [2.75, 3.05) is 0 Å². The minimum absolute atomic E-state index is 0.168. The Morgan fingerprint density at radius 2 is 0.458 bits per heavy atom. The minimum Gasteiger partial charge on any atom is -0.309 e. The number of rotatable bonds is 13. The first kappa shape index (κ1) is 86.0. The molecule has 0 unspecified atom stereocenters. The molecule has 25 aromatic rings. The van der Waals surface area contributed by atoms with Gasteiger partial charge in [0.05, 0.1) is 44.5 Å². The number of hydrogen-bond acceptors (Lipinski definition) is 8. The van der Waals surface area contributed by atoms with Crippen LogP contribution in [0.25, 0.3) is 229 Å². The van der Waals surface area contributed by atoms with Crippen LogP contribution in [-0.4, -0.2) is 53.6 Å². The van der Waals surface area contributed by atoms with E-state index in [1.165, 1.54) is 138 Å². The van der Waals surface area contributed by atoms with E-state index in [-0.39, 0.29) is 16.2 Å². The van der Waals surface area contributed by atoms with Gasteiger partial charge in [0.15, 0.2) is 29.1 Å². The fraction of sp³-hybridized carbons (Fsp3) is 0.0677. The Bertz CT molecular complexity index is 9320. The van der Waals surface area contributed by atoms with Gasteiger partial charge in [-0.1, -0.05) is 460 Å². The first-order valence-electron chi connectivity index (χ1n) is 49.4. The van der Waals surface area contributed by atoms with Crippen molar-refractivity contribution in [3.8, 4) is 164 Å². The molecule has 0 saturated carbocycles. The Morgan fingerprint density at radius 3 is 0.917 bits per heavy atom. The maximum atomic E-state index is 5.38. The second-order valence-electron chi connectivity index (χ2n) is 39.2. The van der Waals surface area contributed by atoms with E-state index >= 15 is 0 Å². The summed E-state index contributed by atoms with van der Waals surface area (Å²) in [6.45, 7) is 14.1. The largest absolute Gasteiger partial charge is 0.309 e. The minimum atomic E-state index is -0.225. The number of aromatic nitrogens is 11. The van der Waals surface area contributed by atoms with Gasteiger partial charge in [0.1, 0.15) is 0 Å². The maximum absolute atomic E-state index is 5.38. The van der Waals surface area contributed by atoms with Crippen molar-refractivity contribution in [1.82, 2.24) is 53.6 Å². The van der Waals surface area contributed by atoms with Crippen LogP contribution >= 0.6 is 0 Å². The third kappa shape index (κ3) is 14.5. The van der Waals surface area contributed by atoms with Crippen molar-refractivity contribution in [1.29, 1.82) is 0 Å². The molecule has 11 nitrogen and oxygen atoms in total. The highest BCUT2D eigenvalue weighted by molar-refractivity contribution is 6.16. The number of benzene rings is 19. The zero-order valence-electron chi connectivity index (χ0n) is 80.4. The van der Waals surface area contributed by atoms with E-state index in [9.17, 15) is 0 Å². The summed E-state index contributed by atoms with van der Waals surface area (Å²) in [6.07, 6.45) is 0. The third-order valence-corrected chi connectivity index (χ3v) is 29.7. The van der Waals surface area contributed by atoms with Gasteiger partial charge in [-0.25, -0.2) is 29.9 Å². The molecule has 0 amide bonds. The normalized spacial score (nSPS) is 13.1. The molecule has 6 heterocycles. The molecule has 0 saturated heterocycles. The lowest BCUT2D eigenvalue weighted by molar-refractivity contribution is 0.663. The molecule has 0 spiro atoms. The molecular weight excluding hydrogens is 1750 g/mol. The topological polar surface area (TPSA) is 118 Å². The van der Waals surface area contributed by atoms with E-state index in [4.69, 9.17) is 39.9 Å². The molecular formula is C133H95N11. The van der Waals surface area contributed by atoms with Gasteiger partial charge in [-0.3, -0.25) is 9.13 Å². The number of hydrogen-bond donors (Lipinski definition) is 0. The van der Waals surface area contributed by atoms with Crippen molar-refractivity contribution >= 4 is 65.4 Å². The fourth-order valence-corrected chi connectivity index (χ4v) is 22.9. The van der Waals surface area contributed by atoms with E-state index in [1.54, 1.807) is 0 Å². The molecule has 0 radical (unpaired) electrons. The van der Waals surface area contributed by atoms with Crippen LogP contribution in [-0.2, 0) is 16.2 Å². The number of fused-ring (bicyclic) bond motifs is 21. The van der Waals surface area contributed by atoms with Crippen LogP contribution in [0.5, 0.6) is 0 Å². The molecule has 144 heavy (non-hydrogen) atoms. The summed E-state index contributed by atoms with van der Waals surface area (Å²) >= 11 is 0. The molecule has 3 aliphatic carbocycles. The van der Waals surface area contributed by atoms with Crippen molar-refractivity contribution in [2.24, 2.45) is 0 Å². The predicted molar refractivity (Wildman–Crippen MR) is 592 cm³/mol. The standard InChI is InChI=1S/C48H34N4.C43H31N3.C42H30N4/c1-48(2)41-22-11-9-20-37(41)39-28-29-40-38-21-10-12-23-42(38)52(44(40)43(39)48)36-19-13-18-35(30-36)47-50-45(33-16-7-4-8-17-33)49-46(51-47)34-26-24-32(25-27-34)31-14-5-3-6-15-31;1-43(2)36-22-11-9-20-32(36)34-24-25-35-33-21-10-12-23-39(33)46(41(35)40(34)43)42-44-37(29-16-7-4-8-17-29)27-38(45-42)31-19-13-18-30(26-31)28-14-5-3-6-15-28;1-42(2)35-21-13-12-20-31(35)32-23-24-33-34-26-30(27-14-6-3-7-15-27)22-25-36(34)46(38(33)37(32)42)41-44-39(28-16-8-4-9-17-28)43-40(45-41)29-18-10-5-11-19-29/h3-30H,1-2H3;3-27H,1-2H3;3-26H,1-2H3. The predicted octanol–water partition coefficient (Wildman–Crippen LogP) is 33.1. The summed E-state index contributed by atoms with van der Waals surface area (Å²) in [6, 6.07) is 165. The Morgan fingerprint density at radius 1 is 0.167 bits per heavy atom. The van der Waals surface area contributed by atoms with Crippen LogP contribution in [0.15, 0.2) is 467 Å². The maximum Gasteiger partial charge on any atom is 0.238 e. The van der Waals surface area contributed by atoms with Crippen molar-refractivity contribution < 1.29 is 0 Å². The Kier molecular flexibility index (Phi) is 20.7. The summed E-state index contributed by atoms with van der Waals surface area (Å²) < 4.78 is 7.05. The Hall–Kier alpha value is -18.3. The average molecular weight is 1850 g/mol. The lowest BCUT2D eigenvalue weighted by Crippen LogP contribution is -2.17. The van der Waals surface area contributed by atoms with Gasteiger partial charge < -0.3 is 4.57 Å². The van der Waals surface area contributed by atoms with Gasteiger partial charge in [-0.2, -0.15) is 9.97 Å². The molecule has 6 aromatic heterocycles. The molecule has 682 valence electrons. The molecule has 0 aliphatic heterocycles. The molecule has 0 fully saturated rings. The number of nitrogens with zero attached hydrogens (tertiary/aromatic N) is 11. The van der Waals surface area contributed by atoms with Crippen molar-refractivity contribution in [3.63, 3.8) is 0 Å². The van der Waals surface area contributed by atoms with Crippen LogP contribution in [0.2, 0.25) is 0 Å². The second kappa shape index (κ2) is 34.6. The van der Waals surface area contributed by atoms with Gasteiger partial charge in [-0.05, 0) is 149 Å². The molecule has 0 N–H and O–H groups in total. The number of para-hydroxylation sites is 2. The summed E-state index contributed by atoms with van der Waals surface area (Å²) in [4.78, 5) is 41.4. The summed E-state index contributed by atoms with van der Waals surface area (Å²) in [7, 11) is 0. The highest BCUT2D eigenvalue weighted by Gasteiger charge is 2.43. The van der Waals surface area contributed by atoms with Crippen LogP contribution in [0.4, 0.5) is 0 Å². The lowest BCUT2D eigenvalue weighted by Gasteiger charge is -2.23. The molecule has 0 bridgehead atoms. The van der Waals surface area contributed by atoms with E-state index < -0.39 is 0 Å². The average Bonchev–Trinajstić information content (AvgIpc) is 1.54. The van der Waals surface area contributed by atoms with Crippen molar-refractivity contribution in [2.45, 2.75) is 57.8 Å². The molecule has 3 aliphatic rings. The van der Waals surface area contributed by atoms with Crippen LogP contribution in [0.1, 0.15) is 74.9 Å². The highest BCUT2D eigenvalue weighted by atomic mass is 15.2. The van der Waals surface area contributed by atoms with E-state index in [0.717, 1.165) is 83.7 Å². The summed E-state index contributed by atoms with van der Waals surface area (Å²) in [5.74, 6) is 4.51. The Labute approximate surface area is 835 Å². The van der Waals surface area contributed by atoms with Gasteiger partial charge in [0.25, 0.3) is 0 Å². The zero-order chi connectivity index (χ0) is 96.5. The van der Waals surface area contributed by atoms with Gasteiger partial charge in [-0.15, -0.1) is 0 Å². The molecule has 28 rings (SSSR count). The summed E-state index contributed by atoms with van der Waals surface area (Å²) in [5, 5.41) is 7.28. The zero-order valence-corrected chi connectivity index (χ0v) is 80.4.